The Hall–Kier alpha value is -3.82. The van der Waals surface area contributed by atoms with Gasteiger partial charge in [-0.15, -0.1) is 0 Å². The maximum Gasteiger partial charge on any atom is 0.245 e. The van der Waals surface area contributed by atoms with Crippen LogP contribution in [-0.4, -0.2) is 96.6 Å². The monoisotopic (exact) mass is 570 g/mol. The molecule has 1 rings (SSSR count). The molecule has 15 nitrogen and oxygen atoms in total. The van der Waals surface area contributed by atoms with Gasteiger partial charge in [0.05, 0.1) is 12.1 Å². The van der Waals surface area contributed by atoms with Crippen LogP contribution in [0.3, 0.4) is 0 Å². The molecule has 3 amide bonds. The Labute approximate surface area is 232 Å². The number of alkyl halides is 1. The summed E-state index contributed by atoms with van der Waals surface area (Å²) in [7, 11) is 0. The summed E-state index contributed by atoms with van der Waals surface area (Å²) in [5.41, 5.74) is 27.2. The summed E-state index contributed by atoms with van der Waals surface area (Å²) in [6.45, 7) is 2.59. The molecule has 0 aliphatic carbocycles. The highest BCUT2D eigenvalue weighted by molar-refractivity contribution is 6.40. The minimum absolute atomic E-state index is 0.0235. The van der Waals surface area contributed by atoms with Gasteiger partial charge in [-0.1, -0.05) is 13.8 Å². The largest absolute Gasteiger partial charge is 0.370 e. The summed E-state index contributed by atoms with van der Waals surface area (Å²) in [6, 6.07) is -4.16. The van der Waals surface area contributed by atoms with Gasteiger partial charge in [-0.3, -0.25) is 34.0 Å². The number of carbonyl (C=O) groups excluding carboxylic acids is 5. The minimum atomic E-state index is -1.51. The highest BCUT2D eigenvalue weighted by atomic mass is 19.1. The van der Waals surface area contributed by atoms with Crippen molar-refractivity contribution < 1.29 is 28.4 Å². The highest BCUT2D eigenvalue weighted by Gasteiger charge is 2.39. The van der Waals surface area contributed by atoms with Crippen molar-refractivity contribution in [3.05, 3.63) is 0 Å². The number of carbonyl (C=O) groups is 5. The van der Waals surface area contributed by atoms with Gasteiger partial charge in [0.15, 0.2) is 18.6 Å². The van der Waals surface area contributed by atoms with E-state index in [2.05, 4.69) is 20.6 Å². The number of nitrogens with two attached hydrogens (primary N) is 5. The van der Waals surface area contributed by atoms with E-state index in [1.165, 1.54) is 4.90 Å². The van der Waals surface area contributed by atoms with Crippen LogP contribution in [0, 0.1) is 5.92 Å². The number of halogens is 1. The van der Waals surface area contributed by atoms with Crippen LogP contribution in [0.5, 0.6) is 0 Å². The lowest BCUT2D eigenvalue weighted by molar-refractivity contribution is -0.143. The Balaban J connectivity index is 3.07. The molecule has 40 heavy (non-hydrogen) atoms. The van der Waals surface area contributed by atoms with Crippen molar-refractivity contribution in [2.75, 3.05) is 26.3 Å². The SMILES string of the molecule is CC(C)[C@H](N)C(=O)N[C@@H](CCCN=C(N)N)C(=O)N1CCC[C@H]1C(=O)N[C@@H](CCCN=C(N)N)C(=O)C(=O)CF. The lowest BCUT2D eigenvalue weighted by Gasteiger charge is -2.30. The third-order valence-corrected chi connectivity index (χ3v) is 6.39. The molecule has 4 atom stereocenters. The fourth-order valence-electron chi connectivity index (χ4n) is 4.14. The van der Waals surface area contributed by atoms with Crippen molar-refractivity contribution >= 4 is 41.2 Å². The molecule has 1 saturated heterocycles. The molecule has 0 radical (unpaired) electrons. The number of amides is 3. The van der Waals surface area contributed by atoms with Gasteiger partial charge in [-0.05, 0) is 44.4 Å². The zero-order valence-corrected chi connectivity index (χ0v) is 23.1. The number of likely N-dealkylation sites (tertiary alicyclic amines) is 1. The molecule has 0 unspecified atom stereocenters. The number of aliphatic imine (C=N–C) groups is 2. The van der Waals surface area contributed by atoms with Crippen molar-refractivity contribution in [3.8, 4) is 0 Å². The quantitative estimate of drug-likeness (QED) is 0.0407. The molecule has 0 aromatic carbocycles. The average Bonchev–Trinajstić information content (AvgIpc) is 3.40. The zero-order valence-electron chi connectivity index (χ0n) is 23.1. The van der Waals surface area contributed by atoms with Crippen LogP contribution < -0.4 is 39.3 Å². The molecule has 1 heterocycles. The van der Waals surface area contributed by atoms with E-state index >= 15 is 0 Å². The number of rotatable bonds is 17. The third-order valence-electron chi connectivity index (χ3n) is 6.39. The van der Waals surface area contributed by atoms with Gasteiger partial charge in [-0.25, -0.2) is 4.39 Å². The molecule has 16 heteroatoms. The van der Waals surface area contributed by atoms with Gasteiger partial charge in [0.2, 0.25) is 29.3 Å². The number of guanidine groups is 2. The van der Waals surface area contributed by atoms with Crippen molar-refractivity contribution in [3.63, 3.8) is 0 Å². The van der Waals surface area contributed by atoms with Crippen molar-refractivity contribution in [2.45, 2.75) is 76.5 Å². The Morgan fingerprint density at radius 2 is 1.48 bits per heavy atom. The molecular weight excluding hydrogens is 527 g/mol. The molecule has 1 aliphatic rings. The van der Waals surface area contributed by atoms with Gasteiger partial charge in [-0.2, -0.15) is 0 Å². The van der Waals surface area contributed by atoms with Gasteiger partial charge in [0, 0.05) is 19.6 Å². The van der Waals surface area contributed by atoms with E-state index in [1.54, 1.807) is 13.8 Å². The van der Waals surface area contributed by atoms with Crippen molar-refractivity contribution in [2.24, 2.45) is 44.6 Å². The first-order valence-corrected chi connectivity index (χ1v) is 13.2. The Bertz CT molecular complexity index is 966. The minimum Gasteiger partial charge on any atom is -0.370 e. The summed E-state index contributed by atoms with van der Waals surface area (Å²) in [5.74, 6) is -4.55. The first-order chi connectivity index (χ1) is 18.8. The van der Waals surface area contributed by atoms with E-state index in [1.807, 2.05) is 0 Å². The van der Waals surface area contributed by atoms with Crippen LogP contribution >= 0.6 is 0 Å². The number of hydrogen-bond acceptors (Lipinski definition) is 8. The lowest BCUT2D eigenvalue weighted by Crippen LogP contribution is -2.57. The van der Waals surface area contributed by atoms with Gasteiger partial charge in [0.25, 0.3) is 0 Å². The maximum absolute atomic E-state index is 13.6. The van der Waals surface area contributed by atoms with Crippen LogP contribution in [0.25, 0.3) is 0 Å². The van der Waals surface area contributed by atoms with Gasteiger partial charge < -0.3 is 44.2 Å². The molecule has 0 spiro atoms. The molecule has 12 N–H and O–H groups in total. The molecule has 0 aromatic rings. The molecule has 226 valence electrons. The topological polar surface area (TPSA) is 267 Å². The summed E-state index contributed by atoms with van der Waals surface area (Å²) in [6.07, 6.45) is 1.49. The van der Waals surface area contributed by atoms with E-state index in [-0.39, 0.29) is 63.2 Å². The molecular formula is C24H43FN10O5. The average molecular weight is 571 g/mol. The number of nitrogens with one attached hydrogen (secondary N) is 2. The van der Waals surface area contributed by atoms with E-state index < -0.39 is 60.1 Å². The summed E-state index contributed by atoms with van der Waals surface area (Å²) < 4.78 is 12.9. The predicted molar refractivity (Wildman–Crippen MR) is 147 cm³/mol. The molecule has 1 fully saturated rings. The number of Topliss-reactive ketones (excluding diaryl/α,β-unsaturated/α-hetero) is 2. The molecule has 0 saturated carbocycles. The number of ketones is 2. The van der Waals surface area contributed by atoms with E-state index in [9.17, 15) is 28.4 Å². The Kier molecular flexibility index (Phi) is 14.5. The normalized spacial score (nSPS) is 16.9. The fourth-order valence-corrected chi connectivity index (χ4v) is 4.14. The third kappa shape index (κ3) is 11.1. The number of hydrogen-bond donors (Lipinski definition) is 7. The molecule has 0 bridgehead atoms. The Morgan fingerprint density at radius 3 is 1.98 bits per heavy atom. The lowest BCUT2D eigenvalue weighted by atomic mass is 10.0. The van der Waals surface area contributed by atoms with Crippen LogP contribution in [0.15, 0.2) is 9.98 Å². The zero-order chi connectivity index (χ0) is 30.4. The van der Waals surface area contributed by atoms with Gasteiger partial charge >= 0.3 is 0 Å². The maximum atomic E-state index is 13.6. The first kappa shape index (κ1) is 34.2. The predicted octanol–water partition coefficient (Wildman–Crippen LogP) is -2.85. The highest BCUT2D eigenvalue weighted by Crippen LogP contribution is 2.20. The van der Waals surface area contributed by atoms with Gasteiger partial charge in [0.1, 0.15) is 12.1 Å². The molecule has 1 aliphatic heterocycles. The summed E-state index contributed by atoms with van der Waals surface area (Å²) in [5, 5.41) is 5.17. The van der Waals surface area contributed by atoms with E-state index in [0.29, 0.717) is 12.8 Å². The second-order valence-corrected chi connectivity index (χ2v) is 9.90. The number of nitrogens with zero attached hydrogens (tertiary/aromatic N) is 3. The van der Waals surface area contributed by atoms with Crippen molar-refractivity contribution in [1.29, 1.82) is 0 Å². The van der Waals surface area contributed by atoms with Crippen LogP contribution in [0.2, 0.25) is 0 Å². The fraction of sp³-hybridized carbons (Fsp3) is 0.708. The van der Waals surface area contributed by atoms with E-state index in [4.69, 9.17) is 28.7 Å². The standard InChI is InChI=1S/C24H43FN10O5/c1-13(2)18(26)21(39)34-15(7-4-10-32-24(29)30)22(40)35-11-5-8-16(35)20(38)33-14(19(37)17(36)12-25)6-3-9-31-23(27)28/h13-16,18H,3-12,26H2,1-2H3,(H,33,38)(H,34,39)(H4,27,28,31)(H4,29,30,32)/t14-,15-,16-,18-/m0/s1. The van der Waals surface area contributed by atoms with Crippen LogP contribution in [0.1, 0.15) is 52.4 Å². The first-order valence-electron chi connectivity index (χ1n) is 13.2. The summed E-state index contributed by atoms with van der Waals surface area (Å²) in [4.78, 5) is 72.7. The van der Waals surface area contributed by atoms with Crippen LogP contribution in [0.4, 0.5) is 4.39 Å². The molecule has 0 aromatic heterocycles. The van der Waals surface area contributed by atoms with E-state index in [0.717, 1.165) is 0 Å². The second kappa shape index (κ2) is 17.0. The Morgan fingerprint density at radius 1 is 0.925 bits per heavy atom. The second-order valence-electron chi connectivity index (χ2n) is 9.90. The van der Waals surface area contributed by atoms with Crippen LogP contribution in [-0.2, 0) is 24.0 Å². The summed E-state index contributed by atoms with van der Waals surface area (Å²) >= 11 is 0. The van der Waals surface area contributed by atoms with Crippen molar-refractivity contribution in [1.82, 2.24) is 15.5 Å². The smallest absolute Gasteiger partial charge is 0.245 e.